The zero-order valence-corrected chi connectivity index (χ0v) is 87.1. The molecule has 1 saturated carbocycles. The van der Waals surface area contributed by atoms with Crippen LogP contribution in [0, 0.1) is 37.1 Å². The van der Waals surface area contributed by atoms with E-state index in [1.807, 2.05) is 49.9 Å². The monoisotopic (exact) mass is 1940 g/mol. The molecular formula is C125H159F7N6S2. The van der Waals surface area contributed by atoms with E-state index in [0.717, 1.165) is 59.9 Å². The van der Waals surface area contributed by atoms with Gasteiger partial charge in [0.15, 0.2) is 17.5 Å². The second kappa shape index (κ2) is 61.1. The molecule has 0 unspecified atom stereocenters. The maximum atomic E-state index is 13.3. The number of nitrogens with one attached hydrogen (secondary N) is 3. The number of alkyl halides is 3. The number of halogens is 7. The molecule has 0 spiro atoms. The van der Waals surface area contributed by atoms with Crippen molar-refractivity contribution >= 4 is 74.1 Å². The molecule has 1 aliphatic carbocycles. The highest BCUT2D eigenvalue weighted by Gasteiger charge is 2.31. The van der Waals surface area contributed by atoms with Gasteiger partial charge >= 0.3 is 6.18 Å². The topological polar surface area (TPSA) is 91.4 Å². The van der Waals surface area contributed by atoms with Gasteiger partial charge in [0.05, 0.1) is 5.56 Å². The van der Waals surface area contributed by atoms with Crippen LogP contribution in [0.2, 0.25) is 0 Å². The molecule has 15 heteroatoms. The molecule has 750 valence electrons. The van der Waals surface area contributed by atoms with E-state index in [1.165, 1.54) is 151 Å². The third-order valence-corrected chi connectivity index (χ3v) is 26.1. The fourth-order valence-corrected chi connectivity index (χ4v) is 18.3. The van der Waals surface area contributed by atoms with E-state index in [4.69, 9.17) is 11.5 Å². The number of hydrogen-bond acceptors (Lipinski definition) is 8. The first-order valence-electron chi connectivity index (χ1n) is 48.8. The van der Waals surface area contributed by atoms with Crippen LogP contribution >= 0.6 is 23.5 Å². The highest BCUT2D eigenvalue weighted by molar-refractivity contribution is 8.00. The molecule has 0 heterocycles. The molecule has 15 rings (SSSR count). The molecule has 7 N–H and O–H groups in total. The standard InChI is InChI=1S/C19H19N.C17H21N.C16H19N.C15H22S.C15H16S.C11H13F3.C11H17N.C10H10F4.C9H14N2.2CH4/c1-14(2)16-10-5-6-12-18(16)20-19-13-7-9-15-8-3-4-11-17(15)19;1-14(2)16-10-6-7-11-17(16)18-13-12-15-8-4-3-5-9-15;1-13(2)15-10-6-7-11-16(15)17-12-14-8-4-3-5-9-14;2*1-12(2)14-10-6-7-11-15(14)16-13-8-4-3-5-9-13;1-7(2)9-4-8(3)5-10(6-9)11(12,13)14;1-9(2)10-6-5-7-11(8-10)12(3)4;1-4(2)6-7(11)5(3)8(12)10(14)9(6)13;1-6(2)8-5-7(10)3-4-9(8)11;;/h3-14,20H,1-2H3;3-11,14,18H,12-13H2,1-2H3;3-11,13,17H,12H2,1-2H3;6-7,10-13H,3-5,8-9H2,1-2H3;3-12H,1-2H3;4-7H,1-3H3;5-9H,1-4H3;4H,1-3H3;3-6H,10-11H2,1-2H3;2*1H4. The smallest absolute Gasteiger partial charge is 0.399 e. The van der Waals surface area contributed by atoms with Crippen LogP contribution in [-0.4, -0.2) is 25.9 Å². The fraction of sp³-hybridized carbons (Fsp3) is 0.344. The summed E-state index contributed by atoms with van der Waals surface area (Å²) in [5.74, 6) is -1.99. The Morgan fingerprint density at radius 3 is 1.33 bits per heavy atom. The van der Waals surface area contributed by atoms with E-state index < -0.39 is 52.1 Å². The van der Waals surface area contributed by atoms with Gasteiger partial charge in [0.1, 0.15) is 5.82 Å². The zero-order valence-electron chi connectivity index (χ0n) is 85.5. The Morgan fingerprint density at radius 1 is 0.371 bits per heavy atom. The van der Waals surface area contributed by atoms with Gasteiger partial charge in [-0.3, -0.25) is 0 Å². The number of thioether (sulfide) groups is 1. The third kappa shape index (κ3) is 39.4. The average molecular weight is 1940 g/mol. The van der Waals surface area contributed by atoms with Gasteiger partial charge in [-0.1, -0.05) is 401 Å². The maximum absolute atomic E-state index is 13.3. The Balaban J connectivity index is 0.000000279. The van der Waals surface area contributed by atoms with Crippen molar-refractivity contribution in [1.82, 2.24) is 0 Å². The van der Waals surface area contributed by atoms with Crippen LogP contribution in [0.3, 0.4) is 0 Å². The van der Waals surface area contributed by atoms with Crippen molar-refractivity contribution in [2.75, 3.05) is 53.0 Å². The number of rotatable bonds is 23. The molecule has 6 nitrogen and oxygen atoms in total. The Morgan fingerprint density at radius 2 is 0.814 bits per heavy atom. The van der Waals surface area contributed by atoms with Gasteiger partial charge in [0.25, 0.3) is 0 Å². The first-order valence-corrected chi connectivity index (χ1v) is 50.5. The predicted octanol–water partition coefficient (Wildman–Crippen LogP) is 38.7. The summed E-state index contributed by atoms with van der Waals surface area (Å²) in [5, 5.41) is 14.0. The summed E-state index contributed by atoms with van der Waals surface area (Å²) in [6.45, 7) is 42.5. The SMILES string of the molecule is C.C.CC(C)c1cc(N)ccc1N.CC(C)c1cccc(N(C)C)c1.CC(C)c1ccccc1NCCc1ccccc1.CC(C)c1ccccc1NCc1ccccc1.CC(C)c1ccccc1Nc1cccc2ccccc12.CC(C)c1ccccc1SC1CCCCC1.CC(C)c1ccccc1Sc1ccccc1.Cc1c(F)c(F)c(F)c(C(C)C)c1F.Cc1cc(C(C)C)cc(C(F)(F)F)c1. The maximum Gasteiger partial charge on any atom is 0.416 e. The van der Waals surface area contributed by atoms with Crippen molar-refractivity contribution in [2.24, 2.45) is 0 Å². The molecule has 140 heavy (non-hydrogen) atoms. The number of para-hydroxylation sites is 3. The molecule has 0 aromatic heterocycles. The highest BCUT2D eigenvalue weighted by Crippen LogP contribution is 2.40. The number of benzene rings is 14. The van der Waals surface area contributed by atoms with E-state index in [-0.39, 0.29) is 20.8 Å². The first kappa shape index (κ1) is 119. The van der Waals surface area contributed by atoms with E-state index in [1.54, 1.807) is 13.0 Å². The Bertz CT molecular complexity index is 5850. The average Bonchev–Trinajstić information content (AvgIpc) is 0.792. The summed E-state index contributed by atoms with van der Waals surface area (Å²) >= 11 is 3.96. The molecule has 14 aromatic carbocycles. The number of fused-ring (bicyclic) bond motifs is 1. The number of nitrogens with zero attached hydrogens (tertiary/aromatic N) is 1. The van der Waals surface area contributed by atoms with Crippen LogP contribution in [-0.2, 0) is 19.1 Å². The Kier molecular flexibility index (Phi) is 51.9. The van der Waals surface area contributed by atoms with Crippen molar-refractivity contribution in [3.63, 3.8) is 0 Å². The fourth-order valence-electron chi connectivity index (χ4n) is 15.6. The second-order valence-corrected chi connectivity index (χ2v) is 40.4. The Hall–Kier alpha value is -11.7. The number of anilines is 7. The summed E-state index contributed by atoms with van der Waals surface area (Å²) in [7, 11) is 4.14. The molecule has 0 atom stereocenters. The minimum atomic E-state index is -4.24. The van der Waals surface area contributed by atoms with Gasteiger partial charge in [0, 0.05) is 103 Å². The van der Waals surface area contributed by atoms with E-state index >= 15 is 0 Å². The summed E-state index contributed by atoms with van der Waals surface area (Å²) in [6, 6.07) is 108. The number of nitrogen functional groups attached to an aromatic ring is 2. The normalized spacial score (nSPS) is 11.5. The van der Waals surface area contributed by atoms with Crippen molar-refractivity contribution in [3.8, 4) is 0 Å². The third-order valence-electron chi connectivity index (χ3n) is 23.6. The summed E-state index contributed by atoms with van der Waals surface area (Å²) in [6.07, 6.45) is 3.96. The van der Waals surface area contributed by atoms with Crippen LogP contribution in [0.15, 0.2) is 330 Å². The number of hydrogen-bond donors (Lipinski definition) is 5. The van der Waals surface area contributed by atoms with Gasteiger partial charge in [-0.05, 0) is 238 Å². The molecular weight excluding hydrogens is 1780 g/mol. The summed E-state index contributed by atoms with van der Waals surface area (Å²) in [5.41, 5.74) is 31.4. The minimum absolute atomic E-state index is 0. The predicted molar refractivity (Wildman–Crippen MR) is 599 cm³/mol. The summed E-state index contributed by atoms with van der Waals surface area (Å²) < 4.78 is 89.4. The second-order valence-electron chi connectivity index (χ2n) is 38.0. The molecule has 0 amide bonds. The van der Waals surface area contributed by atoms with Crippen LogP contribution in [0.25, 0.3) is 10.8 Å². The van der Waals surface area contributed by atoms with Crippen molar-refractivity contribution in [3.05, 3.63) is 417 Å². The lowest BCUT2D eigenvalue weighted by atomic mass is 9.98. The Labute approximate surface area is 846 Å². The van der Waals surface area contributed by atoms with Crippen LogP contribution in [0.5, 0.6) is 0 Å². The number of nitrogens with two attached hydrogens (primary N) is 2. The van der Waals surface area contributed by atoms with Crippen LogP contribution in [0.1, 0.15) is 303 Å². The first-order chi connectivity index (χ1) is 65.7. The number of aryl methyl sites for hydroxylation is 1. The quantitative estimate of drug-likeness (QED) is 0.0187. The van der Waals surface area contributed by atoms with Crippen molar-refractivity contribution < 1.29 is 30.7 Å². The molecule has 0 bridgehead atoms. The van der Waals surface area contributed by atoms with Crippen molar-refractivity contribution in [1.29, 1.82) is 0 Å². The lowest BCUT2D eigenvalue weighted by Crippen LogP contribution is -2.08. The minimum Gasteiger partial charge on any atom is -0.399 e. The zero-order chi connectivity index (χ0) is 101. The molecule has 1 aliphatic rings. The molecule has 0 radical (unpaired) electrons. The van der Waals surface area contributed by atoms with Gasteiger partial charge in [-0.2, -0.15) is 13.2 Å². The van der Waals surface area contributed by atoms with Gasteiger partial charge in [-0.25, -0.2) is 17.6 Å². The molecule has 1 fully saturated rings. The van der Waals surface area contributed by atoms with Gasteiger partial charge in [0.2, 0.25) is 0 Å². The van der Waals surface area contributed by atoms with Crippen LogP contribution < -0.4 is 32.3 Å². The largest absolute Gasteiger partial charge is 0.416 e. The van der Waals surface area contributed by atoms with Crippen molar-refractivity contribution in [2.45, 2.75) is 278 Å². The van der Waals surface area contributed by atoms with E-state index in [2.05, 4.69) is 417 Å². The van der Waals surface area contributed by atoms with Gasteiger partial charge in [-0.15, -0.1) is 11.8 Å². The lowest BCUT2D eigenvalue weighted by molar-refractivity contribution is -0.137. The van der Waals surface area contributed by atoms with Gasteiger partial charge < -0.3 is 32.3 Å². The van der Waals surface area contributed by atoms with E-state index in [0.29, 0.717) is 47.0 Å². The lowest BCUT2D eigenvalue weighted by Gasteiger charge is -2.22. The van der Waals surface area contributed by atoms with E-state index in [9.17, 15) is 30.7 Å². The van der Waals surface area contributed by atoms with Crippen LogP contribution in [0.4, 0.5) is 70.5 Å². The molecule has 14 aromatic rings. The highest BCUT2D eigenvalue weighted by atomic mass is 32.2. The molecule has 0 aliphatic heterocycles. The summed E-state index contributed by atoms with van der Waals surface area (Å²) in [4.78, 5) is 6.31. The molecule has 0 saturated heterocycles.